The Morgan fingerprint density at radius 3 is 2.69 bits per heavy atom. The van der Waals surface area contributed by atoms with Gasteiger partial charge in [-0.1, -0.05) is 12.8 Å². The van der Waals surface area contributed by atoms with E-state index in [9.17, 15) is 4.79 Å². The van der Waals surface area contributed by atoms with Gasteiger partial charge in [0.15, 0.2) is 0 Å². The molecule has 1 saturated carbocycles. The molecule has 0 aromatic heterocycles. The van der Waals surface area contributed by atoms with Crippen molar-refractivity contribution in [3.63, 3.8) is 0 Å². The number of amides is 1. The first-order valence-electron chi connectivity index (χ1n) is 6.22. The quantitative estimate of drug-likeness (QED) is 0.640. The number of carbonyl (C=O) groups is 1. The van der Waals surface area contributed by atoms with Gasteiger partial charge in [0.05, 0.1) is 5.41 Å². The van der Waals surface area contributed by atoms with E-state index in [1.54, 1.807) is 7.11 Å². The lowest BCUT2D eigenvalue weighted by molar-refractivity contribution is -0.131. The molecule has 0 spiro atoms. The molecule has 0 atom stereocenters. The van der Waals surface area contributed by atoms with Crippen molar-refractivity contribution in [2.24, 2.45) is 11.1 Å². The molecule has 0 unspecified atom stereocenters. The molecule has 94 valence electrons. The number of hydrogen-bond acceptors (Lipinski definition) is 3. The van der Waals surface area contributed by atoms with Gasteiger partial charge in [-0.25, -0.2) is 0 Å². The Kier molecular flexibility index (Phi) is 5.77. The highest BCUT2D eigenvalue weighted by atomic mass is 16.5. The molecule has 1 fully saturated rings. The lowest BCUT2D eigenvalue weighted by atomic mass is 9.82. The first-order valence-corrected chi connectivity index (χ1v) is 6.22. The van der Waals surface area contributed by atoms with Crippen LogP contribution in [0.2, 0.25) is 0 Å². The van der Waals surface area contributed by atoms with Crippen LogP contribution < -0.4 is 11.1 Å². The summed E-state index contributed by atoms with van der Waals surface area (Å²) in [6, 6.07) is 0. The van der Waals surface area contributed by atoms with Gasteiger partial charge in [0.2, 0.25) is 5.91 Å². The Hall–Kier alpha value is -0.610. The number of nitrogens with two attached hydrogens (primary N) is 1. The second-order valence-electron chi connectivity index (χ2n) is 4.63. The zero-order valence-electron chi connectivity index (χ0n) is 10.3. The normalized spacial score (nSPS) is 18.6. The maximum absolute atomic E-state index is 12.1. The van der Waals surface area contributed by atoms with Gasteiger partial charge >= 0.3 is 0 Å². The highest BCUT2D eigenvalue weighted by Gasteiger charge is 2.40. The van der Waals surface area contributed by atoms with Crippen LogP contribution >= 0.6 is 0 Å². The summed E-state index contributed by atoms with van der Waals surface area (Å²) in [7, 11) is 1.69. The van der Waals surface area contributed by atoms with Crippen LogP contribution in [0.5, 0.6) is 0 Å². The molecule has 1 rings (SSSR count). The SMILES string of the molecule is COCCC1(C(=O)NCCCN)CCCC1. The van der Waals surface area contributed by atoms with Gasteiger partial charge in [0, 0.05) is 20.3 Å². The van der Waals surface area contributed by atoms with Crippen LogP contribution in [0.1, 0.15) is 38.5 Å². The molecule has 4 heteroatoms. The molecule has 0 aromatic rings. The van der Waals surface area contributed by atoms with Crippen LogP contribution in [0.25, 0.3) is 0 Å². The molecule has 1 aliphatic rings. The number of ether oxygens (including phenoxy) is 1. The van der Waals surface area contributed by atoms with Crippen molar-refractivity contribution in [2.45, 2.75) is 38.5 Å². The number of carbonyl (C=O) groups excluding carboxylic acids is 1. The fourth-order valence-corrected chi connectivity index (χ4v) is 2.43. The summed E-state index contributed by atoms with van der Waals surface area (Å²) in [5.74, 6) is 0.204. The summed E-state index contributed by atoms with van der Waals surface area (Å²) in [5, 5.41) is 3.00. The van der Waals surface area contributed by atoms with Crippen LogP contribution in [-0.4, -0.2) is 32.7 Å². The summed E-state index contributed by atoms with van der Waals surface area (Å²) in [6.45, 7) is 2.00. The topological polar surface area (TPSA) is 64.3 Å². The van der Waals surface area contributed by atoms with Crippen molar-refractivity contribution in [1.29, 1.82) is 0 Å². The highest BCUT2D eigenvalue weighted by Crippen LogP contribution is 2.41. The van der Waals surface area contributed by atoms with E-state index in [2.05, 4.69) is 5.32 Å². The Labute approximate surface area is 97.9 Å². The van der Waals surface area contributed by atoms with Gasteiger partial charge < -0.3 is 15.8 Å². The molecule has 0 radical (unpaired) electrons. The molecule has 0 heterocycles. The zero-order valence-corrected chi connectivity index (χ0v) is 10.3. The second kappa shape index (κ2) is 6.86. The number of methoxy groups -OCH3 is 1. The van der Waals surface area contributed by atoms with Crippen molar-refractivity contribution in [3.05, 3.63) is 0 Å². The predicted octanol–water partition coefficient (Wildman–Crippen LogP) is 1.05. The first-order chi connectivity index (χ1) is 7.75. The van der Waals surface area contributed by atoms with Crippen LogP contribution in [0.4, 0.5) is 0 Å². The molecule has 0 aliphatic heterocycles. The van der Waals surface area contributed by atoms with Crippen molar-refractivity contribution in [1.82, 2.24) is 5.32 Å². The predicted molar refractivity (Wildman–Crippen MR) is 64.1 cm³/mol. The average Bonchev–Trinajstić information content (AvgIpc) is 2.76. The van der Waals surface area contributed by atoms with E-state index in [0.717, 1.165) is 38.5 Å². The Bertz CT molecular complexity index is 213. The smallest absolute Gasteiger partial charge is 0.226 e. The van der Waals surface area contributed by atoms with Gasteiger partial charge in [-0.15, -0.1) is 0 Å². The number of nitrogens with one attached hydrogen (secondary N) is 1. The third-order valence-corrected chi connectivity index (χ3v) is 3.49. The number of hydrogen-bond donors (Lipinski definition) is 2. The second-order valence-corrected chi connectivity index (χ2v) is 4.63. The summed E-state index contributed by atoms with van der Waals surface area (Å²) in [5.41, 5.74) is 5.25. The van der Waals surface area contributed by atoms with Crippen LogP contribution in [0, 0.1) is 5.41 Å². The van der Waals surface area contributed by atoms with Crippen molar-refractivity contribution >= 4 is 5.91 Å². The molecule has 1 amide bonds. The van der Waals surface area contributed by atoms with E-state index >= 15 is 0 Å². The van der Waals surface area contributed by atoms with E-state index in [4.69, 9.17) is 10.5 Å². The number of rotatable bonds is 7. The van der Waals surface area contributed by atoms with Gasteiger partial charge in [-0.3, -0.25) is 4.79 Å². The third kappa shape index (κ3) is 3.46. The molecule has 0 aromatic carbocycles. The fraction of sp³-hybridized carbons (Fsp3) is 0.917. The summed E-state index contributed by atoms with van der Waals surface area (Å²) in [6.07, 6.45) is 6.03. The molecule has 0 bridgehead atoms. The Morgan fingerprint density at radius 1 is 1.44 bits per heavy atom. The minimum atomic E-state index is -0.162. The van der Waals surface area contributed by atoms with E-state index in [0.29, 0.717) is 19.7 Å². The largest absolute Gasteiger partial charge is 0.385 e. The van der Waals surface area contributed by atoms with Crippen LogP contribution in [-0.2, 0) is 9.53 Å². The summed E-state index contributed by atoms with van der Waals surface area (Å²) < 4.78 is 5.10. The van der Waals surface area contributed by atoms with Gasteiger partial charge in [-0.2, -0.15) is 0 Å². The van der Waals surface area contributed by atoms with E-state index < -0.39 is 0 Å². The average molecular weight is 228 g/mol. The van der Waals surface area contributed by atoms with E-state index in [-0.39, 0.29) is 11.3 Å². The maximum atomic E-state index is 12.1. The van der Waals surface area contributed by atoms with E-state index in [1.807, 2.05) is 0 Å². The fourth-order valence-electron chi connectivity index (χ4n) is 2.43. The van der Waals surface area contributed by atoms with Crippen molar-refractivity contribution in [3.8, 4) is 0 Å². The molecular weight excluding hydrogens is 204 g/mol. The molecule has 0 saturated heterocycles. The molecule has 4 nitrogen and oxygen atoms in total. The first kappa shape index (κ1) is 13.5. The lowest BCUT2D eigenvalue weighted by Gasteiger charge is -2.27. The highest BCUT2D eigenvalue weighted by molar-refractivity contribution is 5.82. The lowest BCUT2D eigenvalue weighted by Crippen LogP contribution is -2.40. The molecule has 3 N–H and O–H groups in total. The Balaban J connectivity index is 2.44. The minimum Gasteiger partial charge on any atom is -0.385 e. The van der Waals surface area contributed by atoms with Gasteiger partial charge in [0.25, 0.3) is 0 Å². The van der Waals surface area contributed by atoms with E-state index in [1.165, 1.54) is 0 Å². The Morgan fingerprint density at radius 2 is 2.12 bits per heavy atom. The maximum Gasteiger partial charge on any atom is 0.226 e. The summed E-state index contributed by atoms with van der Waals surface area (Å²) in [4.78, 5) is 12.1. The zero-order chi connectivity index (χ0) is 11.9. The van der Waals surface area contributed by atoms with Crippen molar-refractivity contribution < 1.29 is 9.53 Å². The molecule has 16 heavy (non-hydrogen) atoms. The monoisotopic (exact) mass is 228 g/mol. The van der Waals surface area contributed by atoms with Crippen molar-refractivity contribution in [2.75, 3.05) is 26.8 Å². The third-order valence-electron chi connectivity index (χ3n) is 3.49. The van der Waals surface area contributed by atoms with Crippen LogP contribution in [0.3, 0.4) is 0 Å². The van der Waals surface area contributed by atoms with Gasteiger partial charge in [0.1, 0.15) is 0 Å². The van der Waals surface area contributed by atoms with Gasteiger partial charge in [-0.05, 0) is 32.2 Å². The summed E-state index contributed by atoms with van der Waals surface area (Å²) >= 11 is 0. The molecule has 1 aliphatic carbocycles. The standard InChI is InChI=1S/C12H24N2O2/c1-16-10-7-12(5-2-3-6-12)11(15)14-9-4-8-13/h2-10,13H2,1H3,(H,14,15). The minimum absolute atomic E-state index is 0.162. The molecular formula is C12H24N2O2. The van der Waals surface area contributed by atoms with Crippen LogP contribution in [0.15, 0.2) is 0 Å².